The van der Waals surface area contributed by atoms with Crippen molar-refractivity contribution in [2.24, 2.45) is 0 Å². The molecule has 0 spiro atoms. The number of rotatable bonds is 5. The van der Waals surface area contributed by atoms with Crippen molar-refractivity contribution in [1.82, 2.24) is 34.7 Å². The molecule has 0 aliphatic carbocycles. The zero-order valence-electron chi connectivity index (χ0n) is 18.8. The third kappa shape index (κ3) is 4.32. The maximum Gasteiger partial charge on any atom is 0.201 e. The molecule has 5 heterocycles. The monoisotopic (exact) mass is 482 g/mol. The van der Waals surface area contributed by atoms with E-state index in [1.54, 1.807) is 10.5 Å². The van der Waals surface area contributed by atoms with Gasteiger partial charge in [-0.15, -0.1) is 17.5 Å². The van der Waals surface area contributed by atoms with Crippen LogP contribution in [-0.2, 0) is 0 Å². The molecule has 4 aromatic rings. The van der Waals surface area contributed by atoms with Crippen molar-refractivity contribution in [2.45, 2.75) is 38.8 Å². The SMILES string of the molecule is Cc1c(-c2cc(O[C@H](C)c3ccc(F)cn3)n3c(C#N)cnc3c2)nnn1[C@@H]1CCCNC1.Cl. The van der Waals surface area contributed by atoms with Crippen LogP contribution in [-0.4, -0.2) is 42.5 Å². The van der Waals surface area contributed by atoms with Crippen molar-refractivity contribution in [3.63, 3.8) is 0 Å². The second kappa shape index (κ2) is 9.75. The molecule has 0 saturated carbocycles. The summed E-state index contributed by atoms with van der Waals surface area (Å²) in [5, 5.41) is 21.8. The summed E-state index contributed by atoms with van der Waals surface area (Å²) < 4.78 is 23.1. The van der Waals surface area contributed by atoms with Gasteiger partial charge in [-0.2, -0.15) is 5.26 Å². The van der Waals surface area contributed by atoms with Gasteiger partial charge in [0.1, 0.15) is 35.0 Å². The molecule has 0 amide bonds. The van der Waals surface area contributed by atoms with Crippen molar-refractivity contribution >= 4 is 18.1 Å². The van der Waals surface area contributed by atoms with Crippen molar-refractivity contribution in [2.75, 3.05) is 13.1 Å². The first kappa shape index (κ1) is 23.6. The fourth-order valence-electron chi connectivity index (χ4n) is 4.25. The summed E-state index contributed by atoms with van der Waals surface area (Å²) in [5.74, 6) is 0.00639. The van der Waals surface area contributed by atoms with Gasteiger partial charge in [0.05, 0.1) is 29.8 Å². The topological polar surface area (TPSA) is 106 Å². The molecule has 9 nitrogen and oxygen atoms in total. The number of hydrogen-bond acceptors (Lipinski definition) is 7. The van der Waals surface area contributed by atoms with Gasteiger partial charge in [0, 0.05) is 18.2 Å². The lowest BCUT2D eigenvalue weighted by Crippen LogP contribution is -2.32. The number of piperidine rings is 1. The summed E-state index contributed by atoms with van der Waals surface area (Å²) in [6.45, 7) is 5.72. The van der Waals surface area contributed by atoms with E-state index in [-0.39, 0.29) is 18.4 Å². The second-order valence-corrected chi connectivity index (χ2v) is 8.16. The number of aromatic nitrogens is 6. The Kier molecular flexibility index (Phi) is 6.77. The Morgan fingerprint density at radius 1 is 1.26 bits per heavy atom. The molecular weight excluding hydrogens is 459 g/mol. The third-order valence-electron chi connectivity index (χ3n) is 5.97. The number of ether oxygens (including phenoxy) is 1. The molecule has 11 heteroatoms. The molecule has 4 aromatic heterocycles. The molecular formula is C23H24ClFN8O. The van der Waals surface area contributed by atoms with Crippen molar-refractivity contribution in [3.8, 4) is 23.2 Å². The Labute approximate surface area is 202 Å². The Bertz CT molecular complexity index is 1340. The standard InChI is InChI=1S/C23H23FN8O.ClH/c1-14-23(29-30-32(14)18-4-3-7-26-12-18)16-8-21-28-13-19(10-25)31(21)22(9-16)33-15(2)20-6-5-17(24)11-27-20;/h5-6,8-9,11,13,15,18,26H,3-4,7,12H2,1-2H3;1H/t15-,18-;/m1./s1. The Balaban J connectivity index is 0.00000274. The molecule has 0 radical (unpaired) electrons. The van der Waals surface area contributed by atoms with Crippen LogP contribution >= 0.6 is 12.4 Å². The van der Waals surface area contributed by atoms with Crippen LogP contribution in [0.15, 0.2) is 36.7 Å². The minimum atomic E-state index is -0.483. The first-order valence-electron chi connectivity index (χ1n) is 10.9. The summed E-state index contributed by atoms with van der Waals surface area (Å²) in [6, 6.07) is 9.03. The van der Waals surface area contributed by atoms with Gasteiger partial charge in [-0.05, 0) is 51.4 Å². The summed E-state index contributed by atoms with van der Waals surface area (Å²) in [6.07, 6.45) is 4.33. The van der Waals surface area contributed by atoms with E-state index >= 15 is 0 Å². The van der Waals surface area contributed by atoms with Crippen LogP contribution in [0.25, 0.3) is 16.9 Å². The summed E-state index contributed by atoms with van der Waals surface area (Å²) >= 11 is 0. The molecule has 34 heavy (non-hydrogen) atoms. The summed E-state index contributed by atoms with van der Waals surface area (Å²) in [7, 11) is 0. The predicted molar refractivity (Wildman–Crippen MR) is 125 cm³/mol. The van der Waals surface area contributed by atoms with E-state index in [9.17, 15) is 9.65 Å². The van der Waals surface area contributed by atoms with Crippen LogP contribution < -0.4 is 10.1 Å². The van der Waals surface area contributed by atoms with E-state index in [2.05, 4.69) is 31.7 Å². The number of halogens is 2. The van der Waals surface area contributed by atoms with Crippen LogP contribution in [0.4, 0.5) is 4.39 Å². The number of nitrogens with one attached hydrogen (secondary N) is 1. The zero-order valence-corrected chi connectivity index (χ0v) is 19.6. The lowest BCUT2D eigenvalue weighted by atomic mass is 10.1. The van der Waals surface area contributed by atoms with Gasteiger partial charge < -0.3 is 10.1 Å². The van der Waals surface area contributed by atoms with Crippen LogP contribution in [0.3, 0.4) is 0 Å². The number of fused-ring (bicyclic) bond motifs is 1. The highest BCUT2D eigenvalue weighted by Gasteiger charge is 2.22. The van der Waals surface area contributed by atoms with Gasteiger partial charge in [-0.3, -0.25) is 9.38 Å². The molecule has 0 bridgehead atoms. The second-order valence-electron chi connectivity index (χ2n) is 8.16. The molecule has 0 unspecified atom stereocenters. The van der Waals surface area contributed by atoms with Crippen LogP contribution in [0.2, 0.25) is 0 Å². The number of imidazole rings is 1. The van der Waals surface area contributed by atoms with Crippen molar-refractivity contribution < 1.29 is 9.13 Å². The average Bonchev–Trinajstić information content (AvgIpc) is 3.43. The third-order valence-corrected chi connectivity index (χ3v) is 5.97. The summed E-state index contributed by atoms with van der Waals surface area (Å²) in [5.41, 5.74) is 3.97. The predicted octanol–water partition coefficient (Wildman–Crippen LogP) is 3.79. The van der Waals surface area contributed by atoms with E-state index in [0.29, 0.717) is 22.9 Å². The van der Waals surface area contributed by atoms with E-state index in [0.717, 1.165) is 49.1 Å². The number of pyridine rings is 2. The molecule has 5 rings (SSSR count). The van der Waals surface area contributed by atoms with Gasteiger partial charge >= 0.3 is 0 Å². The first-order valence-corrected chi connectivity index (χ1v) is 10.9. The van der Waals surface area contributed by atoms with Gasteiger partial charge in [0.25, 0.3) is 0 Å². The fourth-order valence-corrected chi connectivity index (χ4v) is 4.25. The zero-order chi connectivity index (χ0) is 22.9. The lowest BCUT2D eigenvalue weighted by molar-refractivity contribution is 0.209. The van der Waals surface area contributed by atoms with Gasteiger partial charge in [0.15, 0.2) is 0 Å². The fraction of sp³-hybridized carbons (Fsp3) is 0.348. The van der Waals surface area contributed by atoms with Crippen LogP contribution in [0.1, 0.15) is 49.0 Å². The van der Waals surface area contributed by atoms with E-state index in [1.807, 2.05) is 30.7 Å². The quantitative estimate of drug-likeness (QED) is 0.461. The maximum atomic E-state index is 13.3. The number of nitriles is 1. The molecule has 1 fully saturated rings. The minimum Gasteiger partial charge on any atom is -0.469 e. The van der Waals surface area contributed by atoms with Gasteiger partial charge in [0.2, 0.25) is 5.88 Å². The normalized spacial score (nSPS) is 16.6. The highest BCUT2D eigenvalue weighted by molar-refractivity contribution is 5.85. The highest BCUT2D eigenvalue weighted by Crippen LogP contribution is 2.31. The Hall–Kier alpha value is -3.55. The molecule has 2 atom stereocenters. The molecule has 1 aliphatic heterocycles. The average molecular weight is 483 g/mol. The van der Waals surface area contributed by atoms with Crippen LogP contribution in [0.5, 0.6) is 5.88 Å². The van der Waals surface area contributed by atoms with Crippen molar-refractivity contribution in [3.05, 3.63) is 59.6 Å². The smallest absolute Gasteiger partial charge is 0.201 e. The largest absolute Gasteiger partial charge is 0.469 e. The first-order chi connectivity index (χ1) is 16.0. The molecule has 1 N–H and O–H groups in total. The molecule has 0 aromatic carbocycles. The van der Waals surface area contributed by atoms with E-state index in [4.69, 9.17) is 4.74 Å². The maximum absolute atomic E-state index is 13.3. The van der Waals surface area contributed by atoms with E-state index in [1.165, 1.54) is 12.3 Å². The molecule has 176 valence electrons. The lowest BCUT2D eigenvalue weighted by Gasteiger charge is -2.23. The van der Waals surface area contributed by atoms with E-state index < -0.39 is 11.9 Å². The van der Waals surface area contributed by atoms with Gasteiger partial charge in [-0.25, -0.2) is 14.1 Å². The van der Waals surface area contributed by atoms with Gasteiger partial charge in [-0.1, -0.05) is 5.21 Å². The van der Waals surface area contributed by atoms with Crippen LogP contribution in [0, 0.1) is 24.1 Å². The van der Waals surface area contributed by atoms with Crippen molar-refractivity contribution in [1.29, 1.82) is 5.26 Å². The number of nitrogens with zero attached hydrogens (tertiary/aromatic N) is 7. The Morgan fingerprint density at radius 2 is 2.12 bits per heavy atom. The molecule has 1 aliphatic rings. The summed E-state index contributed by atoms with van der Waals surface area (Å²) in [4.78, 5) is 8.50. The highest BCUT2D eigenvalue weighted by atomic mass is 35.5. The number of hydrogen-bond donors (Lipinski definition) is 1. The molecule has 1 saturated heterocycles. The Morgan fingerprint density at radius 3 is 2.82 bits per heavy atom. The minimum absolute atomic E-state index is 0.